The number of amides is 1. The highest BCUT2D eigenvalue weighted by molar-refractivity contribution is 5.92. The van der Waals surface area contributed by atoms with Crippen LogP contribution in [0.4, 0.5) is 17.6 Å². The van der Waals surface area contributed by atoms with Gasteiger partial charge in [-0.1, -0.05) is 44.2 Å². The highest BCUT2D eigenvalue weighted by Crippen LogP contribution is 2.32. The number of carbonyl (C=O) groups is 1. The Kier molecular flexibility index (Phi) is 6.20. The van der Waals surface area contributed by atoms with Gasteiger partial charge in [-0.3, -0.25) is 9.59 Å². The van der Waals surface area contributed by atoms with Crippen LogP contribution in [0.2, 0.25) is 0 Å². The second-order valence-corrected chi connectivity index (χ2v) is 8.01. The number of carbonyl (C=O) groups excluding carboxylic acids is 1. The summed E-state index contributed by atoms with van der Waals surface area (Å²) in [4.78, 5) is 25.0. The zero-order valence-electron chi connectivity index (χ0n) is 17.6. The summed E-state index contributed by atoms with van der Waals surface area (Å²) in [6.45, 7) is 4.84. The van der Waals surface area contributed by atoms with Gasteiger partial charge in [-0.2, -0.15) is 18.3 Å². The molecule has 0 saturated carbocycles. The molecule has 0 aliphatic carbocycles. The fraction of sp³-hybridized carbons (Fsp3) is 0.261. The number of aryl methyl sites for hydroxylation is 1. The number of alkyl halides is 3. The van der Waals surface area contributed by atoms with E-state index < -0.39 is 40.0 Å². The number of halogens is 4. The van der Waals surface area contributed by atoms with Gasteiger partial charge >= 0.3 is 6.18 Å². The first kappa shape index (κ1) is 23.2. The van der Waals surface area contributed by atoms with E-state index in [2.05, 4.69) is 10.4 Å². The van der Waals surface area contributed by atoms with E-state index in [1.807, 2.05) is 0 Å². The molecule has 5 nitrogen and oxygen atoms in total. The maximum absolute atomic E-state index is 14.2. The Morgan fingerprint density at radius 2 is 1.69 bits per heavy atom. The van der Waals surface area contributed by atoms with Crippen molar-refractivity contribution in [1.29, 1.82) is 0 Å². The monoisotopic (exact) mass is 447 g/mol. The maximum atomic E-state index is 14.2. The Balaban J connectivity index is 1.86. The molecule has 0 saturated heterocycles. The Morgan fingerprint density at radius 1 is 1.03 bits per heavy atom. The van der Waals surface area contributed by atoms with Crippen LogP contribution < -0.4 is 10.7 Å². The average molecular weight is 447 g/mol. The second-order valence-electron chi connectivity index (χ2n) is 8.01. The standard InChI is InChI=1S/C23H21F4N3O2/c1-14-11-19(31)20(29-30(14)18-10-5-4-9-17(18)24)21(32)28-13-22(2,3)15-7-6-8-16(12-15)23(25,26)27/h4-12H,13H2,1-3H3,(H,28,32). The SMILES string of the molecule is Cc1cc(=O)c(C(=O)NCC(C)(C)c2cccc(C(F)(F)F)c2)nn1-c1ccccc1F. The summed E-state index contributed by atoms with van der Waals surface area (Å²) < 4.78 is 54.4. The number of aromatic nitrogens is 2. The summed E-state index contributed by atoms with van der Waals surface area (Å²) in [6, 6.07) is 11.8. The van der Waals surface area contributed by atoms with Gasteiger partial charge in [0.2, 0.25) is 5.43 Å². The molecule has 0 bridgehead atoms. The lowest BCUT2D eigenvalue weighted by atomic mass is 9.83. The zero-order chi connectivity index (χ0) is 23.7. The van der Waals surface area contributed by atoms with Crippen molar-refractivity contribution < 1.29 is 22.4 Å². The normalized spacial score (nSPS) is 12.0. The molecule has 3 aromatic rings. The van der Waals surface area contributed by atoms with Crippen molar-refractivity contribution in [1.82, 2.24) is 15.1 Å². The third-order valence-electron chi connectivity index (χ3n) is 5.07. The van der Waals surface area contributed by atoms with E-state index in [4.69, 9.17) is 0 Å². The molecule has 0 aliphatic rings. The molecule has 32 heavy (non-hydrogen) atoms. The molecule has 0 spiro atoms. The van der Waals surface area contributed by atoms with Crippen LogP contribution in [-0.2, 0) is 11.6 Å². The van der Waals surface area contributed by atoms with Crippen molar-refractivity contribution in [2.45, 2.75) is 32.4 Å². The maximum Gasteiger partial charge on any atom is 0.416 e. The van der Waals surface area contributed by atoms with Crippen LogP contribution in [0.3, 0.4) is 0 Å². The van der Waals surface area contributed by atoms with E-state index in [1.165, 1.54) is 36.4 Å². The molecule has 0 atom stereocenters. The number of nitrogens with zero attached hydrogens (tertiary/aromatic N) is 2. The summed E-state index contributed by atoms with van der Waals surface area (Å²) in [6.07, 6.45) is -4.49. The van der Waals surface area contributed by atoms with Crippen molar-refractivity contribution in [3.05, 3.63) is 93.2 Å². The molecule has 3 rings (SSSR count). The molecular weight excluding hydrogens is 426 g/mol. The van der Waals surface area contributed by atoms with Crippen molar-refractivity contribution >= 4 is 5.91 Å². The van der Waals surface area contributed by atoms with Gasteiger partial charge in [0.05, 0.1) is 5.56 Å². The molecule has 168 valence electrons. The Bertz CT molecular complexity index is 1220. The van der Waals surface area contributed by atoms with Gasteiger partial charge < -0.3 is 5.32 Å². The van der Waals surface area contributed by atoms with Gasteiger partial charge in [-0.05, 0) is 30.7 Å². The van der Waals surface area contributed by atoms with Gasteiger partial charge in [0.25, 0.3) is 5.91 Å². The summed E-state index contributed by atoms with van der Waals surface area (Å²) in [7, 11) is 0. The van der Waals surface area contributed by atoms with E-state index in [0.717, 1.165) is 16.8 Å². The number of hydrogen-bond donors (Lipinski definition) is 1. The Labute approximate surface area is 181 Å². The minimum absolute atomic E-state index is 0.0537. The van der Waals surface area contributed by atoms with Crippen LogP contribution in [0.25, 0.3) is 5.69 Å². The third kappa shape index (κ3) is 4.87. The van der Waals surface area contributed by atoms with E-state index in [1.54, 1.807) is 26.8 Å². The van der Waals surface area contributed by atoms with Crippen LogP contribution in [-0.4, -0.2) is 22.2 Å². The highest BCUT2D eigenvalue weighted by Gasteiger charge is 2.32. The van der Waals surface area contributed by atoms with Gasteiger partial charge in [-0.15, -0.1) is 0 Å². The molecule has 1 aromatic heterocycles. The third-order valence-corrected chi connectivity index (χ3v) is 5.07. The summed E-state index contributed by atoms with van der Waals surface area (Å²) >= 11 is 0. The van der Waals surface area contributed by atoms with Crippen LogP contribution in [0.1, 0.15) is 41.2 Å². The van der Waals surface area contributed by atoms with Crippen LogP contribution in [0.5, 0.6) is 0 Å². The topological polar surface area (TPSA) is 64.0 Å². The molecule has 2 aromatic carbocycles. The van der Waals surface area contributed by atoms with Gasteiger partial charge in [0.15, 0.2) is 5.69 Å². The van der Waals surface area contributed by atoms with E-state index in [9.17, 15) is 27.2 Å². The smallest absolute Gasteiger partial charge is 0.350 e. The first-order chi connectivity index (χ1) is 14.9. The Morgan fingerprint density at radius 3 is 2.34 bits per heavy atom. The molecule has 0 unspecified atom stereocenters. The molecule has 1 amide bonds. The molecule has 0 fully saturated rings. The van der Waals surface area contributed by atoms with Crippen molar-refractivity contribution in [2.24, 2.45) is 0 Å². The summed E-state index contributed by atoms with van der Waals surface area (Å²) in [5.74, 6) is -1.39. The number of para-hydroxylation sites is 1. The van der Waals surface area contributed by atoms with Gasteiger partial charge in [0, 0.05) is 23.7 Å². The molecule has 0 radical (unpaired) electrons. The minimum Gasteiger partial charge on any atom is -0.350 e. The highest BCUT2D eigenvalue weighted by atomic mass is 19.4. The number of benzene rings is 2. The lowest BCUT2D eigenvalue weighted by Gasteiger charge is -2.26. The molecule has 1 N–H and O–H groups in total. The molecule has 9 heteroatoms. The van der Waals surface area contributed by atoms with Crippen molar-refractivity contribution in [3.8, 4) is 5.69 Å². The minimum atomic E-state index is -4.49. The predicted octanol–water partition coefficient (Wildman–Crippen LogP) is 4.41. The number of hydrogen-bond acceptors (Lipinski definition) is 3. The zero-order valence-corrected chi connectivity index (χ0v) is 17.6. The fourth-order valence-electron chi connectivity index (χ4n) is 3.18. The lowest BCUT2D eigenvalue weighted by Crippen LogP contribution is -2.39. The summed E-state index contributed by atoms with van der Waals surface area (Å²) in [5, 5.41) is 6.59. The van der Waals surface area contributed by atoms with Gasteiger partial charge in [-0.25, -0.2) is 9.07 Å². The van der Waals surface area contributed by atoms with Crippen molar-refractivity contribution in [3.63, 3.8) is 0 Å². The van der Waals surface area contributed by atoms with Crippen LogP contribution in [0.15, 0.2) is 59.4 Å². The first-order valence-corrected chi connectivity index (χ1v) is 9.72. The van der Waals surface area contributed by atoms with E-state index >= 15 is 0 Å². The van der Waals surface area contributed by atoms with Gasteiger partial charge in [0.1, 0.15) is 11.5 Å². The van der Waals surface area contributed by atoms with E-state index in [0.29, 0.717) is 11.3 Å². The van der Waals surface area contributed by atoms with Crippen LogP contribution >= 0.6 is 0 Å². The fourth-order valence-corrected chi connectivity index (χ4v) is 3.18. The van der Waals surface area contributed by atoms with Crippen LogP contribution in [0, 0.1) is 12.7 Å². The number of rotatable bonds is 5. The first-order valence-electron chi connectivity index (χ1n) is 9.72. The summed E-state index contributed by atoms with van der Waals surface area (Å²) in [5.41, 5.74) is -1.98. The average Bonchev–Trinajstić information content (AvgIpc) is 2.72. The predicted molar refractivity (Wildman–Crippen MR) is 111 cm³/mol. The number of nitrogens with one attached hydrogen (secondary N) is 1. The molecule has 1 heterocycles. The molecular formula is C23H21F4N3O2. The second kappa shape index (κ2) is 8.57. The van der Waals surface area contributed by atoms with Crippen molar-refractivity contribution in [2.75, 3.05) is 6.54 Å². The largest absolute Gasteiger partial charge is 0.416 e. The van der Waals surface area contributed by atoms with E-state index in [-0.39, 0.29) is 12.2 Å². The lowest BCUT2D eigenvalue weighted by molar-refractivity contribution is -0.137. The molecule has 0 aliphatic heterocycles. The Hall–Kier alpha value is -3.49. The quantitative estimate of drug-likeness (QED) is 0.590.